The molecule has 6 nitrogen and oxygen atoms in total. The summed E-state index contributed by atoms with van der Waals surface area (Å²) in [7, 11) is 0. The number of hydrogen-bond acceptors (Lipinski definition) is 6. The highest BCUT2D eigenvalue weighted by atomic mass is 16.6. The molecule has 0 amide bonds. The minimum atomic E-state index is -0.818. The zero-order chi connectivity index (χ0) is 48.6. The molecule has 0 N–H and O–H groups in total. The van der Waals surface area contributed by atoms with E-state index in [2.05, 4.69) is 118 Å². The standard InChI is InChI=1S/C61H102O6/c1-4-7-10-13-16-19-22-25-27-29-30-32-33-36-39-42-45-48-51-54-60(63)66-57-58(56-65-59(62)53-50-47-44-41-38-35-24-21-18-15-12-9-6-3)67-61(64)55-52-49-46-43-40-37-34-31-28-26-23-20-17-14-11-8-5-2/h16-17,19-20,25-28,30,32,34,36-37,39,43,46,58H,4-15,18,21-24,29,31,33,35,38,40-42,44-45,47-57H2,1-3H3/b19-16-,20-17-,27-25-,28-26-,32-30-,37-34-,39-36-,46-43-/t58-/m0/s1. The molecule has 382 valence electrons. The SMILES string of the molecule is CCCCC/C=C\C/C=C\C/C=C\C/C=C\CCCCCC(=O)OC[C@H](COC(=O)CCCCCCCCCCCCCCC)OC(=O)CCC/C=C\C/C=C\C/C=C\C/C=C\CCCCC. The summed E-state index contributed by atoms with van der Waals surface area (Å²) >= 11 is 0. The Hall–Kier alpha value is -3.67. The van der Waals surface area contributed by atoms with Gasteiger partial charge in [-0.05, 0) is 103 Å². The van der Waals surface area contributed by atoms with Crippen LogP contribution < -0.4 is 0 Å². The number of esters is 3. The van der Waals surface area contributed by atoms with E-state index >= 15 is 0 Å². The highest BCUT2D eigenvalue weighted by Crippen LogP contribution is 2.14. The summed E-state index contributed by atoms with van der Waals surface area (Å²) < 4.78 is 16.8. The molecule has 0 aromatic carbocycles. The molecule has 0 saturated heterocycles. The lowest BCUT2D eigenvalue weighted by atomic mass is 10.0. The number of unbranched alkanes of at least 4 members (excludes halogenated alkanes) is 22. The largest absolute Gasteiger partial charge is 0.462 e. The summed E-state index contributed by atoms with van der Waals surface area (Å²) in [4.78, 5) is 38.1. The molecule has 0 fully saturated rings. The molecule has 0 radical (unpaired) electrons. The van der Waals surface area contributed by atoms with Crippen LogP contribution in [0, 0.1) is 0 Å². The van der Waals surface area contributed by atoms with E-state index in [4.69, 9.17) is 14.2 Å². The first-order chi connectivity index (χ1) is 33.0. The number of carbonyl (C=O) groups is 3. The van der Waals surface area contributed by atoms with Crippen molar-refractivity contribution in [3.05, 3.63) is 97.2 Å². The van der Waals surface area contributed by atoms with E-state index in [0.717, 1.165) is 89.9 Å². The molecular weight excluding hydrogens is 829 g/mol. The van der Waals surface area contributed by atoms with Crippen molar-refractivity contribution in [1.29, 1.82) is 0 Å². The predicted molar refractivity (Wildman–Crippen MR) is 288 cm³/mol. The number of rotatable bonds is 49. The van der Waals surface area contributed by atoms with Gasteiger partial charge in [0.05, 0.1) is 0 Å². The second-order valence-electron chi connectivity index (χ2n) is 18.1. The third-order valence-corrected chi connectivity index (χ3v) is 11.6. The van der Waals surface area contributed by atoms with Gasteiger partial charge in [0.1, 0.15) is 13.2 Å². The van der Waals surface area contributed by atoms with Crippen molar-refractivity contribution < 1.29 is 28.6 Å². The molecule has 0 unspecified atom stereocenters. The third kappa shape index (κ3) is 53.2. The van der Waals surface area contributed by atoms with E-state index < -0.39 is 6.10 Å². The first-order valence-electron chi connectivity index (χ1n) is 27.7. The maximum Gasteiger partial charge on any atom is 0.306 e. The lowest BCUT2D eigenvalue weighted by Gasteiger charge is -2.18. The topological polar surface area (TPSA) is 78.9 Å². The van der Waals surface area contributed by atoms with Crippen LogP contribution in [0.3, 0.4) is 0 Å². The van der Waals surface area contributed by atoms with Crippen molar-refractivity contribution in [2.75, 3.05) is 13.2 Å². The Kier molecular flexibility index (Phi) is 51.9. The van der Waals surface area contributed by atoms with Crippen LogP contribution in [0.5, 0.6) is 0 Å². The Morgan fingerprint density at radius 3 is 0.910 bits per heavy atom. The molecule has 0 saturated carbocycles. The van der Waals surface area contributed by atoms with Crippen LogP contribution in [-0.2, 0) is 28.6 Å². The summed E-state index contributed by atoms with van der Waals surface area (Å²) in [6.45, 7) is 6.51. The van der Waals surface area contributed by atoms with E-state index in [1.807, 2.05) is 0 Å². The maximum atomic E-state index is 12.8. The molecule has 0 aliphatic heterocycles. The maximum absolute atomic E-state index is 12.8. The van der Waals surface area contributed by atoms with Crippen molar-refractivity contribution >= 4 is 17.9 Å². The molecular formula is C61H102O6. The van der Waals surface area contributed by atoms with E-state index in [0.29, 0.717) is 19.3 Å². The second kappa shape index (κ2) is 54.9. The number of hydrogen-bond donors (Lipinski definition) is 0. The van der Waals surface area contributed by atoms with Crippen LogP contribution in [0.2, 0.25) is 0 Å². The van der Waals surface area contributed by atoms with Crippen molar-refractivity contribution in [2.45, 2.75) is 258 Å². The van der Waals surface area contributed by atoms with Crippen LogP contribution in [0.4, 0.5) is 0 Å². The molecule has 0 aliphatic carbocycles. The third-order valence-electron chi connectivity index (χ3n) is 11.6. The van der Waals surface area contributed by atoms with Crippen molar-refractivity contribution in [1.82, 2.24) is 0 Å². The molecule has 67 heavy (non-hydrogen) atoms. The summed E-state index contributed by atoms with van der Waals surface area (Å²) in [6.07, 6.45) is 72.5. The molecule has 0 rings (SSSR count). The molecule has 0 spiro atoms. The molecule has 0 aromatic rings. The number of ether oxygens (including phenoxy) is 3. The van der Waals surface area contributed by atoms with Crippen molar-refractivity contribution in [3.63, 3.8) is 0 Å². The Morgan fingerprint density at radius 2 is 0.552 bits per heavy atom. The average Bonchev–Trinajstić information content (AvgIpc) is 3.33. The predicted octanol–water partition coefficient (Wildman–Crippen LogP) is 18.5. The van der Waals surface area contributed by atoms with Crippen LogP contribution in [-0.4, -0.2) is 37.2 Å². The summed E-state index contributed by atoms with van der Waals surface area (Å²) in [5, 5.41) is 0. The van der Waals surface area contributed by atoms with Gasteiger partial charge < -0.3 is 14.2 Å². The van der Waals surface area contributed by atoms with E-state index in [1.165, 1.54) is 116 Å². The fourth-order valence-electron chi connectivity index (χ4n) is 7.36. The van der Waals surface area contributed by atoms with Gasteiger partial charge in [-0.25, -0.2) is 0 Å². The number of carbonyl (C=O) groups excluding carboxylic acids is 3. The fraction of sp³-hybridized carbons (Fsp3) is 0.689. The lowest BCUT2D eigenvalue weighted by Crippen LogP contribution is -2.30. The molecule has 0 heterocycles. The second-order valence-corrected chi connectivity index (χ2v) is 18.1. The minimum absolute atomic E-state index is 0.109. The summed E-state index contributed by atoms with van der Waals surface area (Å²) in [5.74, 6) is -0.996. The monoisotopic (exact) mass is 931 g/mol. The Balaban J connectivity index is 4.53. The zero-order valence-electron chi connectivity index (χ0n) is 43.6. The van der Waals surface area contributed by atoms with E-state index in [9.17, 15) is 14.4 Å². The average molecular weight is 931 g/mol. The first kappa shape index (κ1) is 63.3. The Morgan fingerprint density at radius 1 is 0.299 bits per heavy atom. The van der Waals surface area contributed by atoms with Crippen molar-refractivity contribution in [3.8, 4) is 0 Å². The van der Waals surface area contributed by atoms with Gasteiger partial charge in [0, 0.05) is 19.3 Å². The van der Waals surface area contributed by atoms with Gasteiger partial charge in [0.15, 0.2) is 6.10 Å². The van der Waals surface area contributed by atoms with Gasteiger partial charge >= 0.3 is 17.9 Å². The van der Waals surface area contributed by atoms with Gasteiger partial charge in [-0.1, -0.05) is 227 Å². The van der Waals surface area contributed by atoms with Gasteiger partial charge in [-0.15, -0.1) is 0 Å². The highest BCUT2D eigenvalue weighted by molar-refractivity contribution is 5.71. The zero-order valence-corrected chi connectivity index (χ0v) is 43.6. The number of allylic oxidation sites excluding steroid dienone is 16. The summed E-state index contributed by atoms with van der Waals surface area (Å²) in [5.41, 5.74) is 0. The Labute approximate surface area is 413 Å². The Bertz CT molecular complexity index is 1350. The van der Waals surface area contributed by atoms with E-state index in [1.54, 1.807) is 0 Å². The fourth-order valence-corrected chi connectivity index (χ4v) is 7.36. The van der Waals surface area contributed by atoms with Gasteiger partial charge in [0.2, 0.25) is 0 Å². The van der Waals surface area contributed by atoms with Crippen LogP contribution in [0.25, 0.3) is 0 Å². The van der Waals surface area contributed by atoms with Gasteiger partial charge in [0.25, 0.3) is 0 Å². The quantitative estimate of drug-likeness (QED) is 0.0262. The molecule has 1 atom stereocenters. The molecule has 0 bridgehead atoms. The highest BCUT2D eigenvalue weighted by Gasteiger charge is 2.19. The van der Waals surface area contributed by atoms with E-state index in [-0.39, 0.29) is 37.5 Å². The van der Waals surface area contributed by atoms with Crippen LogP contribution in [0.1, 0.15) is 252 Å². The smallest absolute Gasteiger partial charge is 0.306 e. The summed E-state index contributed by atoms with van der Waals surface area (Å²) in [6, 6.07) is 0. The molecule has 0 aromatic heterocycles. The lowest BCUT2D eigenvalue weighted by molar-refractivity contribution is -0.167. The molecule has 0 aliphatic rings. The first-order valence-corrected chi connectivity index (χ1v) is 27.7. The van der Waals surface area contributed by atoms with Gasteiger partial charge in [-0.3, -0.25) is 14.4 Å². The van der Waals surface area contributed by atoms with Crippen LogP contribution >= 0.6 is 0 Å². The van der Waals surface area contributed by atoms with Crippen LogP contribution in [0.15, 0.2) is 97.2 Å². The molecule has 6 heteroatoms. The van der Waals surface area contributed by atoms with Gasteiger partial charge in [-0.2, -0.15) is 0 Å². The minimum Gasteiger partial charge on any atom is -0.462 e. The van der Waals surface area contributed by atoms with Crippen molar-refractivity contribution in [2.24, 2.45) is 0 Å². The normalized spacial score (nSPS) is 12.8.